The van der Waals surface area contributed by atoms with Crippen LogP contribution in [-0.2, 0) is 9.59 Å². The van der Waals surface area contributed by atoms with E-state index in [-0.39, 0.29) is 5.02 Å². The maximum Gasteiger partial charge on any atom is 0.240 e. The van der Waals surface area contributed by atoms with Crippen molar-refractivity contribution in [3.05, 3.63) is 53.3 Å². The first-order valence-corrected chi connectivity index (χ1v) is 8.64. The molecule has 26 heavy (non-hydrogen) atoms. The summed E-state index contributed by atoms with van der Waals surface area (Å²) < 4.78 is 18.7. The Hall–Kier alpha value is -2.60. The van der Waals surface area contributed by atoms with Crippen LogP contribution in [0.5, 0.6) is 5.75 Å². The highest BCUT2D eigenvalue weighted by Gasteiger charge is 2.56. The molecule has 5 nitrogen and oxygen atoms in total. The van der Waals surface area contributed by atoms with Crippen molar-refractivity contribution in [3.8, 4) is 5.75 Å². The molecule has 2 aromatic carbocycles. The molecule has 2 amide bonds. The third-order valence-electron chi connectivity index (χ3n) is 4.23. The number of hydrogen-bond acceptors (Lipinski definition) is 3. The fourth-order valence-corrected chi connectivity index (χ4v) is 2.78. The van der Waals surface area contributed by atoms with Crippen molar-refractivity contribution in [3.63, 3.8) is 0 Å². The van der Waals surface area contributed by atoms with Crippen LogP contribution >= 0.6 is 11.6 Å². The Bertz CT molecular complexity index is 852. The number of ether oxygens (including phenoxy) is 1. The van der Waals surface area contributed by atoms with Crippen molar-refractivity contribution in [1.82, 2.24) is 0 Å². The van der Waals surface area contributed by atoms with Gasteiger partial charge in [-0.25, -0.2) is 4.39 Å². The highest BCUT2D eigenvalue weighted by molar-refractivity contribution is 6.31. The van der Waals surface area contributed by atoms with Crippen LogP contribution in [0.4, 0.5) is 15.8 Å². The van der Waals surface area contributed by atoms with Gasteiger partial charge in [0.15, 0.2) is 0 Å². The first-order valence-electron chi connectivity index (χ1n) is 8.26. The normalized spacial score (nSPS) is 14.4. The second kappa shape index (κ2) is 7.33. The lowest BCUT2D eigenvalue weighted by Gasteiger charge is -2.17. The van der Waals surface area contributed by atoms with Gasteiger partial charge < -0.3 is 15.4 Å². The van der Waals surface area contributed by atoms with Gasteiger partial charge in [0, 0.05) is 5.69 Å². The van der Waals surface area contributed by atoms with E-state index in [9.17, 15) is 14.0 Å². The van der Waals surface area contributed by atoms with E-state index >= 15 is 0 Å². The fraction of sp³-hybridized carbons (Fsp3) is 0.263. The molecule has 1 aliphatic carbocycles. The van der Waals surface area contributed by atoms with Gasteiger partial charge in [0.1, 0.15) is 17.0 Å². The van der Waals surface area contributed by atoms with Gasteiger partial charge in [-0.15, -0.1) is 0 Å². The van der Waals surface area contributed by atoms with Gasteiger partial charge in [-0.2, -0.15) is 0 Å². The maximum absolute atomic E-state index is 13.2. The summed E-state index contributed by atoms with van der Waals surface area (Å²) >= 11 is 5.72. The minimum Gasteiger partial charge on any atom is -0.492 e. The first-order chi connectivity index (χ1) is 12.5. The van der Waals surface area contributed by atoms with Crippen molar-refractivity contribution < 1.29 is 18.7 Å². The van der Waals surface area contributed by atoms with Gasteiger partial charge in [0.05, 0.1) is 17.3 Å². The van der Waals surface area contributed by atoms with Crippen LogP contribution in [0.2, 0.25) is 5.02 Å². The lowest BCUT2D eigenvalue weighted by atomic mass is 10.0. The molecule has 0 aromatic heterocycles. The topological polar surface area (TPSA) is 67.4 Å². The summed E-state index contributed by atoms with van der Waals surface area (Å²) in [7, 11) is 0. The van der Waals surface area contributed by atoms with Gasteiger partial charge in [0.25, 0.3) is 0 Å². The minimum atomic E-state index is -1.14. The Balaban J connectivity index is 1.72. The van der Waals surface area contributed by atoms with Gasteiger partial charge >= 0.3 is 0 Å². The standard InChI is InChI=1S/C19H18ClFN2O3/c1-2-26-16-6-4-3-5-15(16)23-18(25)19(9-10-19)17(24)22-12-7-8-14(21)13(20)11-12/h3-8,11H,2,9-10H2,1H3,(H,22,24)(H,23,25). The summed E-state index contributed by atoms with van der Waals surface area (Å²) in [5.41, 5.74) is -0.279. The summed E-state index contributed by atoms with van der Waals surface area (Å²) in [4.78, 5) is 25.3. The summed E-state index contributed by atoms with van der Waals surface area (Å²) in [5, 5.41) is 5.32. The number of anilines is 2. The molecule has 0 atom stereocenters. The van der Waals surface area contributed by atoms with Crippen LogP contribution in [-0.4, -0.2) is 18.4 Å². The molecule has 2 aromatic rings. The van der Waals surface area contributed by atoms with Crippen LogP contribution in [0, 0.1) is 11.2 Å². The fourth-order valence-electron chi connectivity index (χ4n) is 2.60. The third-order valence-corrected chi connectivity index (χ3v) is 4.52. The predicted molar refractivity (Wildman–Crippen MR) is 97.9 cm³/mol. The number of rotatable bonds is 6. The molecule has 136 valence electrons. The quantitative estimate of drug-likeness (QED) is 0.741. The lowest BCUT2D eigenvalue weighted by Crippen LogP contribution is -2.35. The molecule has 0 heterocycles. The Labute approximate surface area is 155 Å². The number of halogens is 2. The summed E-state index contributed by atoms with van der Waals surface area (Å²) in [6.45, 7) is 2.31. The van der Waals surface area contributed by atoms with Gasteiger partial charge in [-0.3, -0.25) is 9.59 Å². The van der Waals surface area contributed by atoms with Crippen molar-refractivity contribution in [2.75, 3.05) is 17.2 Å². The van der Waals surface area contributed by atoms with Crippen LogP contribution in [0.25, 0.3) is 0 Å². The molecule has 0 radical (unpaired) electrons. The van der Waals surface area contributed by atoms with E-state index in [0.717, 1.165) is 6.07 Å². The number of amides is 2. The van der Waals surface area contributed by atoms with E-state index in [1.165, 1.54) is 12.1 Å². The Morgan fingerprint density at radius 1 is 1.15 bits per heavy atom. The molecule has 2 N–H and O–H groups in total. The average Bonchev–Trinajstić information content (AvgIpc) is 3.42. The van der Waals surface area contributed by atoms with E-state index < -0.39 is 23.0 Å². The Morgan fingerprint density at radius 2 is 1.85 bits per heavy atom. The largest absolute Gasteiger partial charge is 0.492 e. The van der Waals surface area contributed by atoms with E-state index in [1.54, 1.807) is 24.3 Å². The van der Waals surface area contributed by atoms with Gasteiger partial charge in [-0.05, 0) is 50.1 Å². The third kappa shape index (κ3) is 3.65. The zero-order valence-corrected chi connectivity index (χ0v) is 14.9. The number of nitrogens with one attached hydrogen (secondary N) is 2. The lowest BCUT2D eigenvalue weighted by molar-refractivity contribution is -0.131. The Morgan fingerprint density at radius 3 is 2.50 bits per heavy atom. The van der Waals surface area contributed by atoms with Crippen LogP contribution in [0.3, 0.4) is 0 Å². The smallest absolute Gasteiger partial charge is 0.240 e. The summed E-state index contributed by atoms with van der Waals surface area (Å²) in [5.74, 6) is -0.858. The number of carbonyl (C=O) groups is 2. The maximum atomic E-state index is 13.2. The molecular formula is C19H18ClFN2O3. The monoisotopic (exact) mass is 376 g/mol. The number of para-hydroxylation sites is 2. The minimum absolute atomic E-state index is 0.0947. The van der Waals surface area contributed by atoms with Crippen molar-refractivity contribution >= 4 is 34.8 Å². The Kier molecular flexibility index (Phi) is 5.13. The van der Waals surface area contributed by atoms with Crippen molar-refractivity contribution in [1.29, 1.82) is 0 Å². The molecule has 1 aliphatic rings. The molecule has 0 bridgehead atoms. The predicted octanol–water partition coefficient (Wildman–Crippen LogP) is 4.24. The molecule has 0 aliphatic heterocycles. The molecule has 7 heteroatoms. The van der Waals surface area contributed by atoms with Crippen LogP contribution < -0.4 is 15.4 Å². The van der Waals surface area contributed by atoms with Crippen LogP contribution in [0.15, 0.2) is 42.5 Å². The molecule has 0 saturated heterocycles. The van der Waals surface area contributed by atoms with E-state index in [1.807, 2.05) is 6.92 Å². The van der Waals surface area contributed by atoms with E-state index in [2.05, 4.69) is 10.6 Å². The number of carbonyl (C=O) groups excluding carboxylic acids is 2. The van der Waals surface area contributed by atoms with Crippen molar-refractivity contribution in [2.45, 2.75) is 19.8 Å². The zero-order chi connectivity index (χ0) is 18.7. The summed E-state index contributed by atoms with van der Waals surface area (Å²) in [6, 6.07) is 10.9. The molecule has 1 saturated carbocycles. The molecule has 0 unspecified atom stereocenters. The second-order valence-electron chi connectivity index (χ2n) is 6.05. The highest BCUT2D eigenvalue weighted by atomic mass is 35.5. The summed E-state index contributed by atoms with van der Waals surface area (Å²) in [6.07, 6.45) is 0.882. The molecular weight excluding hydrogens is 359 g/mol. The SMILES string of the molecule is CCOc1ccccc1NC(=O)C1(C(=O)Nc2ccc(F)c(Cl)c2)CC1. The highest BCUT2D eigenvalue weighted by Crippen LogP contribution is 2.48. The van der Waals surface area contributed by atoms with E-state index in [4.69, 9.17) is 16.3 Å². The van der Waals surface area contributed by atoms with Gasteiger partial charge in [-0.1, -0.05) is 23.7 Å². The van der Waals surface area contributed by atoms with E-state index in [0.29, 0.717) is 36.6 Å². The van der Waals surface area contributed by atoms with Gasteiger partial charge in [0.2, 0.25) is 11.8 Å². The number of hydrogen-bond donors (Lipinski definition) is 2. The zero-order valence-electron chi connectivity index (χ0n) is 14.1. The number of benzene rings is 2. The average molecular weight is 377 g/mol. The van der Waals surface area contributed by atoms with Crippen LogP contribution in [0.1, 0.15) is 19.8 Å². The van der Waals surface area contributed by atoms with Crippen molar-refractivity contribution in [2.24, 2.45) is 5.41 Å². The second-order valence-corrected chi connectivity index (χ2v) is 6.46. The molecule has 1 fully saturated rings. The molecule has 0 spiro atoms. The first kappa shape index (κ1) is 18.2. The molecule has 3 rings (SSSR count).